The van der Waals surface area contributed by atoms with Crippen LogP contribution in [0.2, 0.25) is 10.0 Å². The second kappa shape index (κ2) is 6.69. The van der Waals surface area contributed by atoms with E-state index in [1.54, 1.807) is 0 Å². The van der Waals surface area contributed by atoms with Gasteiger partial charge in [0.05, 0.1) is 28.1 Å². The molecule has 0 amide bonds. The van der Waals surface area contributed by atoms with Gasteiger partial charge in [-0.3, -0.25) is 4.79 Å². The number of esters is 1. The van der Waals surface area contributed by atoms with Gasteiger partial charge in [0, 0.05) is 5.56 Å². The zero-order valence-corrected chi connectivity index (χ0v) is 15.9. The van der Waals surface area contributed by atoms with Crippen LogP contribution in [0.5, 0.6) is 0 Å². The molecule has 2 aromatic rings. The summed E-state index contributed by atoms with van der Waals surface area (Å²) >= 11 is 11.7. The maximum absolute atomic E-state index is 13.6. The van der Waals surface area contributed by atoms with Gasteiger partial charge in [-0.05, 0) is 25.0 Å². The Morgan fingerprint density at radius 3 is 2.03 bits per heavy atom. The highest BCUT2D eigenvalue weighted by Crippen LogP contribution is 2.55. The van der Waals surface area contributed by atoms with Gasteiger partial charge in [-0.25, -0.2) is 4.68 Å². The molecular weight excluding hydrogens is 451 g/mol. The highest BCUT2D eigenvalue weighted by Gasteiger charge is 2.59. The zero-order chi connectivity index (χ0) is 21.9. The van der Waals surface area contributed by atoms with Gasteiger partial charge in [-0.1, -0.05) is 23.2 Å². The average Bonchev–Trinajstić information content (AvgIpc) is 3.31. The van der Waals surface area contributed by atoms with Crippen molar-refractivity contribution in [3.8, 4) is 5.69 Å². The molecule has 1 heterocycles. The minimum atomic E-state index is -5.01. The third kappa shape index (κ3) is 3.50. The molecule has 0 unspecified atom stereocenters. The summed E-state index contributed by atoms with van der Waals surface area (Å²) < 4.78 is 84.6. The number of nitrogens with zero attached hydrogens (tertiary/aromatic N) is 2. The maximum Gasteiger partial charge on any atom is 0.435 e. The Bertz CT molecular complexity index is 973. The molecule has 1 aromatic carbocycles. The van der Waals surface area contributed by atoms with Gasteiger partial charge in [-0.15, -0.1) is 0 Å². The third-order valence-corrected chi connectivity index (χ3v) is 5.13. The van der Waals surface area contributed by atoms with Gasteiger partial charge >= 0.3 is 18.3 Å². The molecule has 0 atom stereocenters. The zero-order valence-electron chi connectivity index (χ0n) is 14.4. The fraction of sp³-hybridized carbons (Fsp3) is 0.375. The molecule has 158 valence electrons. The summed E-state index contributed by atoms with van der Waals surface area (Å²) in [6.07, 6.45) is -9.73. The van der Waals surface area contributed by atoms with Crippen molar-refractivity contribution in [2.45, 2.75) is 30.6 Å². The number of carbonyl (C=O) groups excluding carboxylic acids is 1. The second-order valence-electron chi connectivity index (χ2n) is 6.38. The summed E-state index contributed by atoms with van der Waals surface area (Å²) in [6, 6.07) is 0.980. The van der Waals surface area contributed by atoms with Crippen LogP contribution >= 0.6 is 23.2 Å². The molecule has 0 radical (unpaired) electrons. The summed E-state index contributed by atoms with van der Waals surface area (Å²) in [4.78, 5) is 12.1. The third-order valence-electron chi connectivity index (χ3n) is 4.55. The van der Waals surface area contributed by atoms with E-state index in [9.17, 15) is 31.1 Å². The maximum atomic E-state index is 13.6. The number of rotatable bonds is 3. The number of hydrogen-bond acceptors (Lipinski definition) is 4. The first kappa shape index (κ1) is 21.6. The number of methoxy groups -OCH3 is 1. The standard InChI is InChI=1S/C16H11Cl2F6N3O2/c1-29-13(28)14(2-3-14)9-11(16(22,23)24)26-27(12(9)25)10-7(17)4-6(5-8(10)18)15(19,20)21/h4-5H,2-3,25H2,1H3. The molecule has 2 N–H and O–H groups in total. The number of nitrogens with two attached hydrogens (primary N) is 1. The van der Waals surface area contributed by atoms with E-state index in [4.69, 9.17) is 28.9 Å². The monoisotopic (exact) mass is 461 g/mol. The summed E-state index contributed by atoms with van der Waals surface area (Å²) in [5.74, 6) is -1.55. The Hall–Kier alpha value is -2.14. The molecule has 1 aromatic heterocycles. The number of aromatic nitrogens is 2. The van der Waals surface area contributed by atoms with Crippen LogP contribution in [-0.4, -0.2) is 22.9 Å². The first-order chi connectivity index (χ1) is 13.2. The van der Waals surface area contributed by atoms with E-state index in [1.807, 2.05) is 0 Å². The number of carbonyl (C=O) groups is 1. The van der Waals surface area contributed by atoms with Crippen molar-refractivity contribution in [2.24, 2.45) is 0 Å². The number of nitrogen functional groups attached to an aromatic ring is 1. The van der Waals surface area contributed by atoms with Gasteiger partial charge in [0.25, 0.3) is 0 Å². The van der Waals surface area contributed by atoms with Gasteiger partial charge in [-0.2, -0.15) is 31.4 Å². The van der Waals surface area contributed by atoms with E-state index in [0.29, 0.717) is 16.8 Å². The van der Waals surface area contributed by atoms with E-state index in [1.165, 1.54) is 0 Å². The number of anilines is 1. The lowest BCUT2D eigenvalue weighted by molar-refractivity contribution is -0.146. The predicted molar refractivity (Wildman–Crippen MR) is 90.9 cm³/mol. The van der Waals surface area contributed by atoms with Crippen LogP contribution < -0.4 is 5.73 Å². The molecule has 1 saturated carbocycles. The van der Waals surface area contributed by atoms with Crippen molar-refractivity contribution < 1.29 is 35.9 Å². The highest BCUT2D eigenvalue weighted by atomic mass is 35.5. The van der Waals surface area contributed by atoms with E-state index in [2.05, 4.69) is 9.84 Å². The summed E-state index contributed by atoms with van der Waals surface area (Å²) in [7, 11) is 1.01. The number of halogens is 8. The molecule has 1 aliphatic rings. The first-order valence-electron chi connectivity index (χ1n) is 7.85. The second-order valence-corrected chi connectivity index (χ2v) is 7.19. The van der Waals surface area contributed by atoms with Crippen LogP contribution in [0, 0.1) is 0 Å². The van der Waals surface area contributed by atoms with Gasteiger partial charge in [0.15, 0.2) is 5.69 Å². The van der Waals surface area contributed by atoms with Crippen molar-refractivity contribution in [1.29, 1.82) is 0 Å². The molecule has 5 nitrogen and oxygen atoms in total. The summed E-state index contributed by atoms with van der Waals surface area (Å²) in [6.45, 7) is 0. The normalized spacial score (nSPS) is 16.0. The lowest BCUT2D eigenvalue weighted by Crippen LogP contribution is -2.26. The quantitative estimate of drug-likeness (QED) is 0.515. The summed E-state index contributed by atoms with van der Waals surface area (Å²) in [5.41, 5.74) is 0.453. The lowest BCUT2D eigenvalue weighted by Gasteiger charge is -2.16. The topological polar surface area (TPSA) is 70.1 Å². The molecular formula is C16H11Cl2F6N3O2. The smallest absolute Gasteiger partial charge is 0.435 e. The Morgan fingerprint density at radius 2 is 1.66 bits per heavy atom. The molecule has 1 aliphatic carbocycles. The van der Waals surface area contributed by atoms with E-state index >= 15 is 0 Å². The number of benzene rings is 1. The van der Waals surface area contributed by atoms with Crippen LogP contribution in [0.3, 0.4) is 0 Å². The largest absolute Gasteiger partial charge is 0.468 e. The van der Waals surface area contributed by atoms with E-state index in [-0.39, 0.29) is 12.8 Å². The van der Waals surface area contributed by atoms with Crippen LogP contribution in [0.15, 0.2) is 12.1 Å². The highest BCUT2D eigenvalue weighted by molar-refractivity contribution is 6.38. The van der Waals surface area contributed by atoms with Crippen LogP contribution in [0.4, 0.5) is 32.2 Å². The molecule has 29 heavy (non-hydrogen) atoms. The molecule has 3 rings (SSSR count). The number of hydrogen-bond donors (Lipinski definition) is 1. The van der Waals surface area contributed by atoms with Gasteiger partial charge in [0.2, 0.25) is 0 Å². The Morgan fingerprint density at radius 1 is 1.14 bits per heavy atom. The number of alkyl halides is 6. The van der Waals surface area contributed by atoms with Gasteiger partial charge in [0.1, 0.15) is 11.5 Å². The Kier molecular flexibility index (Phi) is 4.98. The molecule has 0 spiro atoms. The molecule has 0 saturated heterocycles. The van der Waals surface area contributed by atoms with E-state index in [0.717, 1.165) is 7.11 Å². The SMILES string of the molecule is COC(=O)C1(c2c(C(F)(F)F)nn(-c3c(Cl)cc(C(F)(F)F)cc3Cl)c2N)CC1. The van der Waals surface area contributed by atoms with Crippen LogP contribution in [-0.2, 0) is 27.3 Å². The fourth-order valence-electron chi connectivity index (χ4n) is 3.08. The van der Waals surface area contributed by atoms with Crippen molar-refractivity contribution in [3.63, 3.8) is 0 Å². The molecule has 0 aliphatic heterocycles. The Balaban J connectivity index is 2.28. The predicted octanol–water partition coefficient (Wildman–Crippen LogP) is 5.00. The fourth-order valence-corrected chi connectivity index (χ4v) is 3.73. The Labute approximate surface area is 169 Å². The molecule has 1 fully saturated rings. The first-order valence-corrected chi connectivity index (χ1v) is 8.61. The average molecular weight is 462 g/mol. The van der Waals surface area contributed by atoms with Gasteiger partial charge < -0.3 is 10.5 Å². The molecule has 0 bridgehead atoms. The van der Waals surface area contributed by atoms with Crippen LogP contribution in [0.1, 0.15) is 29.7 Å². The minimum absolute atomic E-state index is 0.0348. The lowest BCUT2D eigenvalue weighted by atomic mass is 9.95. The van der Waals surface area contributed by atoms with Crippen molar-refractivity contribution >= 4 is 35.0 Å². The minimum Gasteiger partial charge on any atom is -0.468 e. The summed E-state index contributed by atoms with van der Waals surface area (Å²) in [5, 5.41) is 2.15. The van der Waals surface area contributed by atoms with Crippen molar-refractivity contribution in [1.82, 2.24) is 9.78 Å². The van der Waals surface area contributed by atoms with Crippen molar-refractivity contribution in [2.75, 3.05) is 12.8 Å². The molecule has 13 heteroatoms. The van der Waals surface area contributed by atoms with Crippen molar-refractivity contribution in [3.05, 3.63) is 39.0 Å². The van der Waals surface area contributed by atoms with Crippen LogP contribution in [0.25, 0.3) is 5.69 Å². The van der Waals surface area contributed by atoms with E-state index < -0.39 is 62.1 Å². The number of ether oxygens (including phenoxy) is 1.